The van der Waals surface area contributed by atoms with E-state index in [2.05, 4.69) is 18.3 Å². The van der Waals surface area contributed by atoms with E-state index in [4.69, 9.17) is 18.1 Å². The Hall–Kier alpha value is 0.660. The normalized spacial score (nSPS) is 25.7. The van der Waals surface area contributed by atoms with Crippen LogP contribution < -0.4 is 0 Å². The molecular weight excluding hydrogens is 224 g/mol. The van der Waals surface area contributed by atoms with Crippen LogP contribution in [0.1, 0.15) is 13.8 Å². The van der Waals surface area contributed by atoms with Crippen LogP contribution in [0.2, 0.25) is 0 Å². The molecule has 2 saturated heterocycles. The third-order valence-corrected chi connectivity index (χ3v) is 5.85. The molecule has 2 heterocycles. The summed E-state index contributed by atoms with van der Waals surface area (Å²) in [4.78, 5) is 0. The first-order chi connectivity index (χ1) is 6.79. The van der Waals surface area contributed by atoms with Crippen LogP contribution in [0.5, 0.6) is 0 Å². The molecule has 5 nitrogen and oxygen atoms in total. The Kier molecular flexibility index (Phi) is 4.09. The Morgan fingerprint density at radius 2 is 1.21 bits per heavy atom. The van der Waals surface area contributed by atoms with E-state index < -0.39 is 17.1 Å². The molecule has 0 saturated carbocycles. The molecule has 0 aliphatic carbocycles. The van der Waals surface area contributed by atoms with Gasteiger partial charge in [-0.15, -0.1) is 0 Å². The van der Waals surface area contributed by atoms with Crippen molar-refractivity contribution in [1.82, 2.24) is 4.44 Å². The van der Waals surface area contributed by atoms with E-state index in [1.807, 2.05) is 0 Å². The summed E-state index contributed by atoms with van der Waals surface area (Å²) in [5.74, 6) is 0. The minimum absolute atomic E-state index is 0.323. The van der Waals surface area contributed by atoms with Crippen LogP contribution in [0.15, 0.2) is 0 Å². The third-order valence-electron chi connectivity index (χ3n) is 1.77. The van der Waals surface area contributed by atoms with E-state index in [0.29, 0.717) is 32.5 Å². The van der Waals surface area contributed by atoms with Crippen LogP contribution in [0, 0.1) is 0 Å². The number of hydrogen-bond donors (Lipinski definition) is 0. The van der Waals surface area contributed by atoms with E-state index in [9.17, 15) is 0 Å². The highest BCUT2D eigenvalue weighted by atomic mass is 31.2. The maximum Gasteiger partial charge on any atom is 0.266 e. The number of rotatable bonds is 3. The second-order valence-corrected chi connectivity index (χ2v) is 6.38. The van der Waals surface area contributed by atoms with Crippen molar-refractivity contribution in [2.75, 3.05) is 26.4 Å². The van der Waals surface area contributed by atoms with Crippen molar-refractivity contribution in [3.05, 3.63) is 0 Å². The van der Waals surface area contributed by atoms with Crippen LogP contribution >= 0.6 is 17.1 Å². The molecule has 0 atom stereocenters. The summed E-state index contributed by atoms with van der Waals surface area (Å²) in [6.45, 7) is 6.91. The number of nitrogens with zero attached hydrogens (tertiary/aromatic N) is 1. The van der Waals surface area contributed by atoms with Gasteiger partial charge in [-0.3, -0.25) is 0 Å². The SMILES string of the molecule is CC(C)N(P1OCCO1)P1OCCO1. The highest BCUT2D eigenvalue weighted by Crippen LogP contribution is 2.62. The Bertz CT molecular complexity index is 167. The van der Waals surface area contributed by atoms with Gasteiger partial charge in [0.1, 0.15) is 0 Å². The zero-order valence-electron chi connectivity index (χ0n) is 8.38. The molecule has 0 spiro atoms. The van der Waals surface area contributed by atoms with Crippen LogP contribution in [0.25, 0.3) is 0 Å². The fourth-order valence-corrected chi connectivity index (χ4v) is 4.61. The lowest BCUT2D eigenvalue weighted by Crippen LogP contribution is -2.21. The van der Waals surface area contributed by atoms with E-state index in [1.165, 1.54) is 0 Å². The van der Waals surface area contributed by atoms with E-state index >= 15 is 0 Å². The topological polar surface area (TPSA) is 40.2 Å². The molecule has 14 heavy (non-hydrogen) atoms. The molecule has 2 aliphatic heterocycles. The predicted molar refractivity (Wildman–Crippen MR) is 54.6 cm³/mol. The second-order valence-electron chi connectivity index (χ2n) is 3.22. The Morgan fingerprint density at radius 1 is 0.857 bits per heavy atom. The summed E-state index contributed by atoms with van der Waals surface area (Å²) < 4.78 is 24.1. The lowest BCUT2D eigenvalue weighted by molar-refractivity contribution is 0.323. The van der Waals surface area contributed by atoms with Crippen LogP contribution in [0.4, 0.5) is 0 Å². The molecule has 0 radical (unpaired) electrons. The molecular formula is C7H15NO4P2. The van der Waals surface area contributed by atoms with Crippen molar-refractivity contribution in [3.63, 3.8) is 0 Å². The fourth-order valence-electron chi connectivity index (χ4n) is 1.21. The molecule has 0 N–H and O–H groups in total. The van der Waals surface area contributed by atoms with Gasteiger partial charge in [-0.25, -0.2) is 0 Å². The van der Waals surface area contributed by atoms with Crippen molar-refractivity contribution in [2.45, 2.75) is 19.9 Å². The van der Waals surface area contributed by atoms with Gasteiger partial charge >= 0.3 is 0 Å². The smallest absolute Gasteiger partial charge is 0.266 e. The Balaban J connectivity index is 1.98. The molecule has 2 fully saturated rings. The van der Waals surface area contributed by atoms with Gasteiger partial charge in [0.25, 0.3) is 17.1 Å². The van der Waals surface area contributed by atoms with E-state index in [0.717, 1.165) is 0 Å². The monoisotopic (exact) mass is 239 g/mol. The van der Waals surface area contributed by atoms with Crippen molar-refractivity contribution in [1.29, 1.82) is 0 Å². The van der Waals surface area contributed by atoms with Crippen LogP contribution in [-0.4, -0.2) is 36.9 Å². The first-order valence-electron chi connectivity index (χ1n) is 4.70. The lowest BCUT2D eigenvalue weighted by Gasteiger charge is -2.30. The van der Waals surface area contributed by atoms with Gasteiger partial charge in [0, 0.05) is 6.04 Å². The van der Waals surface area contributed by atoms with Gasteiger partial charge in [-0.05, 0) is 13.8 Å². The minimum Gasteiger partial charge on any atom is -0.319 e. The summed E-state index contributed by atoms with van der Waals surface area (Å²) in [5.41, 5.74) is 0. The summed E-state index contributed by atoms with van der Waals surface area (Å²) in [6, 6.07) is 0.323. The van der Waals surface area contributed by atoms with Crippen molar-refractivity contribution >= 4 is 17.1 Å². The summed E-state index contributed by atoms with van der Waals surface area (Å²) in [7, 11) is -1.89. The molecule has 7 heteroatoms. The molecule has 0 aromatic heterocycles. The molecule has 0 aromatic carbocycles. The lowest BCUT2D eigenvalue weighted by atomic mass is 10.4. The largest absolute Gasteiger partial charge is 0.319 e. The minimum atomic E-state index is -0.947. The molecule has 2 aliphatic rings. The van der Waals surface area contributed by atoms with Crippen molar-refractivity contribution < 1.29 is 18.1 Å². The number of hydrogen-bond acceptors (Lipinski definition) is 5. The Morgan fingerprint density at radius 3 is 1.50 bits per heavy atom. The van der Waals surface area contributed by atoms with E-state index in [1.54, 1.807) is 0 Å². The molecule has 0 unspecified atom stereocenters. The summed E-state index contributed by atoms with van der Waals surface area (Å²) in [5, 5.41) is 0. The van der Waals surface area contributed by atoms with Crippen LogP contribution in [0.3, 0.4) is 0 Å². The second kappa shape index (κ2) is 5.13. The fraction of sp³-hybridized carbons (Fsp3) is 1.00. The maximum absolute atomic E-state index is 5.51. The van der Waals surface area contributed by atoms with Gasteiger partial charge < -0.3 is 18.1 Å². The summed E-state index contributed by atoms with van der Waals surface area (Å²) in [6.07, 6.45) is 0. The highest BCUT2D eigenvalue weighted by molar-refractivity contribution is 7.60. The molecule has 2 rings (SSSR count). The average Bonchev–Trinajstić information content (AvgIpc) is 2.75. The van der Waals surface area contributed by atoms with E-state index in [-0.39, 0.29) is 0 Å². The highest BCUT2D eigenvalue weighted by Gasteiger charge is 2.38. The van der Waals surface area contributed by atoms with Crippen molar-refractivity contribution in [2.24, 2.45) is 0 Å². The standard InChI is InChI=1S/C7H15NO4P2/c1-7(2)8(13-9-3-4-10-13)14-11-5-6-12-14/h7H,3-6H2,1-2H3. The molecule has 0 amide bonds. The van der Waals surface area contributed by atoms with Gasteiger partial charge in [0.05, 0.1) is 26.4 Å². The Labute approximate surface area is 86.6 Å². The zero-order chi connectivity index (χ0) is 9.97. The summed E-state index contributed by atoms with van der Waals surface area (Å²) >= 11 is 0. The van der Waals surface area contributed by atoms with Crippen molar-refractivity contribution in [3.8, 4) is 0 Å². The molecule has 0 bridgehead atoms. The van der Waals surface area contributed by atoms with Crippen LogP contribution in [-0.2, 0) is 18.1 Å². The maximum atomic E-state index is 5.51. The molecule has 0 aromatic rings. The third kappa shape index (κ3) is 2.42. The molecule has 82 valence electrons. The predicted octanol–water partition coefficient (Wildman–Crippen LogP) is 2.24. The van der Waals surface area contributed by atoms with Gasteiger partial charge in [0.15, 0.2) is 0 Å². The first-order valence-corrected chi connectivity index (χ1v) is 6.96. The zero-order valence-corrected chi connectivity index (χ0v) is 10.2. The first kappa shape index (κ1) is 11.2. The van der Waals surface area contributed by atoms with Gasteiger partial charge in [-0.2, -0.15) is 4.44 Å². The quantitative estimate of drug-likeness (QED) is 0.706. The van der Waals surface area contributed by atoms with Gasteiger partial charge in [-0.1, -0.05) is 0 Å². The average molecular weight is 239 g/mol. The van der Waals surface area contributed by atoms with Gasteiger partial charge in [0.2, 0.25) is 0 Å².